The van der Waals surface area contributed by atoms with Crippen LogP contribution in [0.3, 0.4) is 0 Å². The predicted molar refractivity (Wildman–Crippen MR) is 80.6 cm³/mol. The van der Waals surface area contributed by atoms with Crippen LogP contribution in [-0.2, 0) is 0 Å². The Bertz CT molecular complexity index is 390. The van der Waals surface area contributed by atoms with Crippen LogP contribution >= 0.6 is 0 Å². The molecule has 1 saturated heterocycles. The second kappa shape index (κ2) is 6.35. The van der Waals surface area contributed by atoms with E-state index in [1.807, 2.05) is 13.2 Å². The Morgan fingerprint density at radius 3 is 2.79 bits per heavy atom. The average Bonchev–Trinajstić information content (AvgIpc) is 2.58. The first-order valence-electron chi connectivity index (χ1n) is 7.20. The molecule has 1 aliphatic rings. The van der Waals surface area contributed by atoms with Crippen molar-refractivity contribution in [3.63, 3.8) is 0 Å². The zero-order chi connectivity index (χ0) is 13.8. The van der Waals surface area contributed by atoms with E-state index in [0.717, 1.165) is 18.8 Å². The van der Waals surface area contributed by atoms with Crippen LogP contribution in [0.4, 0.5) is 5.69 Å². The molecule has 1 aliphatic heterocycles. The number of nitrogens with one attached hydrogen (secondary N) is 1. The number of rotatable bonds is 3. The second-order valence-corrected chi connectivity index (χ2v) is 5.61. The molecule has 0 saturated carbocycles. The molecule has 4 nitrogen and oxygen atoms in total. The number of hydrogen-bond donors (Lipinski definition) is 1. The predicted octanol–water partition coefficient (Wildman–Crippen LogP) is 1.89. The highest BCUT2D eigenvalue weighted by Crippen LogP contribution is 2.20. The number of aromatic nitrogens is 1. The van der Waals surface area contributed by atoms with E-state index in [1.165, 1.54) is 18.7 Å². The number of likely N-dealkylation sites (N-methyl/N-ethyl adjacent to an activating group) is 1. The summed E-state index contributed by atoms with van der Waals surface area (Å²) in [7, 11) is 4.17. The van der Waals surface area contributed by atoms with Gasteiger partial charge >= 0.3 is 0 Å². The van der Waals surface area contributed by atoms with Crippen molar-refractivity contribution < 1.29 is 0 Å². The van der Waals surface area contributed by atoms with E-state index in [1.54, 1.807) is 0 Å². The molecule has 0 aromatic carbocycles. The van der Waals surface area contributed by atoms with Crippen molar-refractivity contribution in [1.82, 2.24) is 15.2 Å². The molecule has 19 heavy (non-hydrogen) atoms. The summed E-state index contributed by atoms with van der Waals surface area (Å²) in [5.41, 5.74) is 2.35. The molecule has 106 valence electrons. The van der Waals surface area contributed by atoms with Crippen molar-refractivity contribution in [2.45, 2.75) is 32.4 Å². The minimum Gasteiger partial charge on any atom is -0.366 e. The smallest absolute Gasteiger partial charge is 0.0571 e. The van der Waals surface area contributed by atoms with Gasteiger partial charge in [-0.1, -0.05) is 0 Å². The summed E-state index contributed by atoms with van der Waals surface area (Å²) in [5, 5.41) is 3.22. The maximum atomic E-state index is 4.59. The minimum absolute atomic E-state index is 0.307. The summed E-state index contributed by atoms with van der Waals surface area (Å²) in [6.45, 7) is 7.85. The lowest BCUT2D eigenvalue weighted by atomic mass is 10.2. The van der Waals surface area contributed by atoms with Gasteiger partial charge in [0.05, 0.1) is 17.6 Å². The summed E-state index contributed by atoms with van der Waals surface area (Å²) in [6.07, 6.45) is 3.24. The van der Waals surface area contributed by atoms with Crippen molar-refractivity contribution in [2.24, 2.45) is 0 Å². The number of nitrogens with zero attached hydrogens (tertiary/aromatic N) is 3. The molecule has 2 rings (SSSR count). The molecule has 4 heteroatoms. The molecule has 1 fully saturated rings. The van der Waals surface area contributed by atoms with Crippen molar-refractivity contribution in [3.05, 3.63) is 24.0 Å². The molecular weight excluding hydrogens is 236 g/mol. The van der Waals surface area contributed by atoms with Gasteiger partial charge in [-0.05, 0) is 53.0 Å². The van der Waals surface area contributed by atoms with Gasteiger partial charge in [0.25, 0.3) is 0 Å². The fourth-order valence-electron chi connectivity index (χ4n) is 2.73. The van der Waals surface area contributed by atoms with E-state index >= 15 is 0 Å². The Hall–Kier alpha value is -1.13. The molecular formula is C15H26N4. The van der Waals surface area contributed by atoms with Crippen molar-refractivity contribution in [2.75, 3.05) is 38.6 Å². The standard InChI is InChI=1S/C15H26N4/c1-12-11-18(4)8-5-9-19(12)14-6-7-15(17-10-14)13(2)16-3/h6-7,10,12-13,16H,5,8-9,11H2,1-4H3. The van der Waals surface area contributed by atoms with Gasteiger partial charge in [0.2, 0.25) is 0 Å². The van der Waals surface area contributed by atoms with Crippen LogP contribution in [0, 0.1) is 0 Å². The Kier molecular flexibility index (Phi) is 4.77. The molecule has 1 aromatic heterocycles. The molecule has 2 heterocycles. The van der Waals surface area contributed by atoms with Crippen LogP contribution in [0.1, 0.15) is 32.0 Å². The van der Waals surface area contributed by atoms with Crippen LogP contribution in [-0.4, -0.2) is 49.7 Å². The van der Waals surface area contributed by atoms with E-state index in [2.05, 4.69) is 53.1 Å². The van der Waals surface area contributed by atoms with Gasteiger partial charge in [-0.15, -0.1) is 0 Å². The molecule has 0 radical (unpaired) electrons. The molecule has 0 bridgehead atoms. The first-order valence-corrected chi connectivity index (χ1v) is 7.20. The Morgan fingerprint density at radius 1 is 1.37 bits per heavy atom. The monoisotopic (exact) mass is 262 g/mol. The van der Waals surface area contributed by atoms with Crippen LogP contribution in [0.15, 0.2) is 18.3 Å². The number of hydrogen-bond acceptors (Lipinski definition) is 4. The lowest BCUT2D eigenvalue weighted by Crippen LogP contribution is -2.38. The van der Waals surface area contributed by atoms with Gasteiger partial charge in [0.1, 0.15) is 0 Å². The SMILES string of the molecule is CNC(C)c1ccc(N2CCCN(C)CC2C)cn1. The third-order valence-electron chi connectivity index (χ3n) is 4.03. The van der Waals surface area contributed by atoms with Crippen LogP contribution in [0.5, 0.6) is 0 Å². The molecule has 0 aliphatic carbocycles. The van der Waals surface area contributed by atoms with E-state index in [-0.39, 0.29) is 0 Å². The van der Waals surface area contributed by atoms with Gasteiger partial charge in [-0.2, -0.15) is 0 Å². The molecule has 0 spiro atoms. The first kappa shape index (κ1) is 14.3. The maximum Gasteiger partial charge on any atom is 0.0571 e. The fourth-order valence-corrected chi connectivity index (χ4v) is 2.73. The highest BCUT2D eigenvalue weighted by molar-refractivity contribution is 5.46. The lowest BCUT2D eigenvalue weighted by molar-refractivity contribution is 0.337. The van der Waals surface area contributed by atoms with Crippen LogP contribution in [0.2, 0.25) is 0 Å². The van der Waals surface area contributed by atoms with Crippen LogP contribution < -0.4 is 10.2 Å². The Balaban J connectivity index is 2.12. The van der Waals surface area contributed by atoms with Gasteiger partial charge in [-0.3, -0.25) is 4.98 Å². The molecule has 2 atom stereocenters. The van der Waals surface area contributed by atoms with Gasteiger partial charge < -0.3 is 15.1 Å². The quantitative estimate of drug-likeness (QED) is 0.901. The summed E-state index contributed by atoms with van der Waals surface area (Å²) in [4.78, 5) is 9.48. The topological polar surface area (TPSA) is 31.4 Å². The zero-order valence-corrected chi connectivity index (χ0v) is 12.6. The van der Waals surface area contributed by atoms with Gasteiger partial charge in [-0.25, -0.2) is 0 Å². The van der Waals surface area contributed by atoms with E-state index < -0.39 is 0 Å². The third kappa shape index (κ3) is 3.45. The minimum atomic E-state index is 0.307. The normalized spacial score (nSPS) is 23.2. The van der Waals surface area contributed by atoms with E-state index in [4.69, 9.17) is 0 Å². The molecule has 1 N–H and O–H groups in total. The second-order valence-electron chi connectivity index (χ2n) is 5.61. The maximum absolute atomic E-state index is 4.59. The van der Waals surface area contributed by atoms with Crippen LogP contribution in [0.25, 0.3) is 0 Å². The van der Waals surface area contributed by atoms with Crippen molar-refractivity contribution >= 4 is 5.69 Å². The Morgan fingerprint density at radius 2 is 2.16 bits per heavy atom. The molecule has 1 aromatic rings. The largest absolute Gasteiger partial charge is 0.366 e. The number of anilines is 1. The zero-order valence-electron chi connectivity index (χ0n) is 12.6. The highest BCUT2D eigenvalue weighted by Gasteiger charge is 2.20. The summed E-state index contributed by atoms with van der Waals surface area (Å²) in [6, 6.07) is 5.19. The summed E-state index contributed by atoms with van der Waals surface area (Å²) < 4.78 is 0. The van der Waals surface area contributed by atoms with Gasteiger partial charge in [0, 0.05) is 25.2 Å². The Labute approximate surface area is 116 Å². The van der Waals surface area contributed by atoms with Crippen molar-refractivity contribution in [3.8, 4) is 0 Å². The summed E-state index contributed by atoms with van der Waals surface area (Å²) >= 11 is 0. The molecule has 0 amide bonds. The highest BCUT2D eigenvalue weighted by atomic mass is 15.2. The van der Waals surface area contributed by atoms with Crippen molar-refractivity contribution in [1.29, 1.82) is 0 Å². The fraction of sp³-hybridized carbons (Fsp3) is 0.667. The number of pyridine rings is 1. The van der Waals surface area contributed by atoms with E-state index in [9.17, 15) is 0 Å². The van der Waals surface area contributed by atoms with Gasteiger partial charge in [0.15, 0.2) is 0 Å². The van der Waals surface area contributed by atoms with E-state index in [0.29, 0.717) is 12.1 Å². The summed E-state index contributed by atoms with van der Waals surface area (Å²) in [5.74, 6) is 0. The lowest BCUT2D eigenvalue weighted by Gasteiger charge is -2.30. The average molecular weight is 262 g/mol. The third-order valence-corrected chi connectivity index (χ3v) is 4.03. The first-order chi connectivity index (χ1) is 9.11. The molecule has 2 unspecified atom stereocenters.